The number of benzene rings is 6. The molecule has 6 aromatic carbocycles. The molecule has 0 aromatic heterocycles. The lowest BCUT2D eigenvalue weighted by molar-refractivity contribution is -0.166. The summed E-state index contributed by atoms with van der Waals surface area (Å²) in [5.41, 5.74) is 8.18. The first kappa shape index (κ1) is 33.6. The Balaban J connectivity index is 1.21. The highest BCUT2D eigenvalue weighted by Crippen LogP contribution is 2.54. The highest BCUT2D eigenvalue weighted by Gasteiger charge is 2.71. The Labute approximate surface area is 320 Å². The van der Waals surface area contributed by atoms with Crippen molar-refractivity contribution >= 4 is 0 Å². The lowest BCUT2D eigenvalue weighted by atomic mass is 10.0. The predicted octanol–water partition coefficient (Wildman–Crippen LogP) is 8.01. The van der Waals surface area contributed by atoms with Gasteiger partial charge in [-0.2, -0.15) is 0 Å². The topological polar surface area (TPSA) is 19.4 Å². The largest absolute Gasteiger partial charge is 0.262 e. The molecule has 0 unspecified atom stereocenters. The fourth-order valence-corrected chi connectivity index (χ4v) is 10.0. The summed E-state index contributed by atoms with van der Waals surface area (Å²) in [4.78, 5) is 17.4. The van der Waals surface area contributed by atoms with E-state index in [-0.39, 0.29) is 37.0 Å². The number of nitrogens with zero attached hydrogens (tertiary/aromatic N) is 6. The second-order valence-corrected chi connectivity index (χ2v) is 15.4. The molecule has 0 atom stereocenters. The van der Waals surface area contributed by atoms with Crippen molar-refractivity contribution < 1.29 is 0 Å². The van der Waals surface area contributed by atoms with Crippen LogP contribution < -0.4 is 0 Å². The highest BCUT2D eigenvalue weighted by molar-refractivity contribution is 5.28. The molecule has 0 radical (unpaired) electrons. The SMILES string of the molecule is c1ccc(CN2C3C4N(Cc5ccccc5)C2[C@H]2N(Cc5ccccc5)[C@H]([C@@H](N4Cc4ccccc4)N2Cc2ccccc2)N3Cc2ccccc2)cc1. The standard InChI is InChI=1S/C48H48N6/c1-7-19-37(20-8-1)31-49-43-44-50(32-38-21-9-2-10-22-38)47(49)48-51(33-39-23-11-3-12-24-39)45(53(43)35-41-27-15-5-16-28-41)46(52(48)34-40-25-13-4-14-26-40)54(44)36-42-29-17-6-18-30-42/h1-30,43-48H,31-36H2/t43-,44+,45?,46?,47-,48?. The molecule has 54 heavy (non-hydrogen) atoms. The Kier molecular flexibility index (Phi) is 9.17. The molecule has 6 heteroatoms. The minimum absolute atomic E-state index is 0.141. The van der Waals surface area contributed by atoms with Gasteiger partial charge in [-0.05, 0) is 33.4 Å². The highest BCUT2D eigenvalue weighted by atomic mass is 15.8. The summed E-state index contributed by atoms with van der Waals surface area (Å²) in [6.07, 6.45) is 0.971. The van der Waals surface area contributed by atoms with Gasteiger partial charge in [-0.25, -0.2) is 0 Å². The molecule has 0 N–H and O–H groups in total. The molecule has 5 heterocycles. The normalized spacial score (nSPS) is 25.8. The van der Waals surface area contributed by atoms with Gasteiger partial charge in [0.05, 0.1) is 37.0 Å². The molecule has 6 bridgehead atoms. The zero-order valence-electron chi connectivity index (χ0n) is 30.7. The van der Waals surface area contributed by atoms with Gasteiger partial charge >= 0.3 is 0 Å². The van der Waals surface area contributed by atoms with E-state index in [1.807, 2.05) is 0 Å². The van der Waals surface area contributed by atoms with Crippen LogP contribution in [0.5, 0.6) is 0 Å². The van der Waals surface area contributed by atoms with E-state index in [1.54, 1.807) is 0 Å². The van der Waals surface area contributed by atoms with Gasteiger partial charge in [-0.1, -0.05) is 182 Å². The van der Waals surface area contributed by atoms with Crippen LogP contribution in [0.15, 0.2) is 182 Å². The van der Waals surface area contributed by atoms with Crippen molar-refractivity contribution in [2.24, 2.45) is 0 Å². The van der Waals surface area contributed by atoms with Crippen LogP contribution in [0.1, 0.15) is 33.4 Å². The van der Waals surface area contributed by atoms with Crippen LogP contribution in [0.2, 0.25) is 0 Å². The van der Waals surface area contributed by atoms with Gasteiger partial charge in [-0.3, -0.25) is 29.4 Å². The van der Waals surface area contributed by atoms with E-state index in [1.165, 1.54) is 33.4 Å². The van der Waals surface area contributed by atoms with Crippen molar-refractivity contribution in [3.05, 3.63) is 215 Å². The summed E-state index contributed by atoms with van der Waals surface area (Å²) in [7, 11) is 0. The van der Waals surface area contributed by atoms with E-state index in [4.69, 9.17) is 0 Å². The first-order valence-corrected chi connectivity index (χ1v) is 19.6. The lowest BCUT2D eigenvalue weighted by Gasteiger charge is -2.56. The zero-order chi connectivity index (χ0) is 35.8. The molecule has 0 aliphatic carbocycles. The number of piperazine rings is 1. The second-order valence-electron chi connectivity index (χ2n) is 15.4. The second kappa shape index (κ2) is 14.7. The summed E-state index contributed by atoms with van der Waals surface area (Å²) in [5, 5.41) is 0. The number of hydrogen-bond acceptors (Lipinski definition) is 6. The van der Waals surface area contributed by atoms with Crippen LogP contribution in [0, 0.1) is 0 Å². The van der Waals surface area contributed by atoms with Gasteiger partial charge in [0.2, 0.25) is 0 Å². The molecule has 0 amide bonds. The summed E-state index contributed by atoms with van der Waals surface area (Å²) >= 11 is 0. The molecule has 6 aromatic rings. The van der Waals surface area contributed by atoms with Crippen molar-refractivity contribution in [2.45, 2.75) is 76.3 Å². The summed E-state index contributed by atoms with van der Waals surface area (Å²) in [6.45, 7) is 5.31. The third kappa shape index (κ3) is 6.19. The maximum absolute atomic E-state index is 2.90. The molecule has 6 nitrogen and oxygen atoms in total. The smallest absolute Gasteiger partial charge is 0.0955 e. The Morgan fingerprint density at radius 3 is 0.463 bits per heavy atom. The lowest BCUT2D eigenvalue weighted by Crippen LogP contribution is -2.73. The van der Waals surface area contributed by atoms with Gasteiger partial charge < -0.3 is 0 Å². The van der Waals surface area contributed by atoms with Gasteiger partial charge in [0.15, 0.2) is 0 Å². The van der Waals surface area contributed by atoms with Crippen molar-refractivity contribution in [1.82, 2.24) is 29.4 Å². The Bertz CT molecular complexity index is 1840. The first-order valence-electron chi connectivity index (χ1n) is 19.6. The van der Waals surface area contributed by atoms with Crippen molar-refractivity contribution in [1.29, 1.82) is 0 Å². The van der Waals surface area contributed by atoms with Gasteiger partial charge in [0.25, 0.3) is 0 Å². The van der Waals surface area contributed by atoms with Crippen LogP contribution in [0.4, 0.5) is 0 Å². The van der Waals surface area contributed by atoms with Crippen LogP contribution in [-0.2, 0) is 39.3 Å². The van der Waals surface area contributed by atoms with E-state index in [2.05, 4.69) is 211 Å². The maximum Gasteiger partial charge on any atom is 0.0955 e. The number of hydrogen-bond donors (Lipinski definition) is 0. The van der Waals surface area contributed by atoms with E-state index in [0.29, 0.717) is 0 Å². The molecule has 0 spiro atoms. The molecule has 5 aliphatic rings. The van der Waals surface area contributed by atoms with Crippen LogP contribution in [0.3, 0.4) is 0 Å². The van der Waals surface area contributed by atoms with Gasteiger partial charge in [0, 0.05) is 39.3 Å². The molecule has 270 valence electrons. The van der Waals surface area contributed by atoms with Gasteiger partial charge in [-0.15, -0.1) is 0 Å². The first-order chi connectivity index (χ1) is 26.8. The molecule has 5 fully saturated rings. The summed E-state index contributed by atoms with van der Waals surface area (Å²) in [6, 6.07) is 67.2. The van der Waals surface area contributed by atoms with Crippen LogP contribution in [0.25, 0.3) is 0 Å². The molecule has 5 aliphatic heterocycles. The average Bonchev–Trinajstić information content (AvgIpc) is 3.64. The van der Waals surface area contributed by atoms with E-state index < -0.39 is 0 Å². The number of rotatable bonds is 12. The fraction of sp³-hybridized carbons (Fsp3) is 0.250. The molecule has 0 saturated carbocycles. The summed E-state index contributed by atoms with van der Waals surface area (Å²) < 4.78 is 0. The quantitative estimate of drug-likeness (QED) is 0.128. The fourth-order valence-electron chi connectivity index (χ4n) is 10.0. The third-order valence-electron chi connectivity index (χ3n) is 12.1. The summed E-state index contributed by atoms with van der Waals surface area (Å²) in [5.74, 6) is 0. The van der Waals surface area contributed by atoms with Crippen molar-refractivity contribution in [2.75, 3.05) is 0 Å². The predicted molar refractivity (Wildman–Crippen MR) is 215 cm³/mol. The Morgan fingerprint density at radius 2 is 0.333 bits per heavy atom. The Morgan fingerprint density at radius 1 is 0.204 bits per heavy atom. The average molecular weight is 709 g/mol. The van der Waals surface area contributed by atoms with Gasteiger partial charge in [0.1, 0.15) is 0 Å². The molecular formula is C48H48N6. The van der Waals surface area contributed by atoms with Crippen LogP contribution in [-0.4, -0.2) is 66.4 Å². The van der Waals surface area contributed by atoms with E-state index in [0.717, 1.165) is 39.3 Å². The monoisotopic (exact) mass is 708 g/mol. The Hall–Kier alpha value is -4.92. The minimum atomic E-state index is 0.141. The minimum Gasteiger partial charge on any atom is -0.262 e. The van der Waals surface area contributed by atoms with Crippen molar-refractivity contribution in [3.63, 3.8) is 0 Å². The molecule has 11 rings (SSSR count). The van der Waals surface area contributed by atoms with Crippen LogP contribution >= 0.6 is 0 Å². The molecule has 5 saturated heterocycles. The maximum atomic E-state index is 2.90. The third-order valence-corrected chi connectivity index (χ3v) is 12.1. The zero-order valence-corrected chi connectivity index (χ0v) is 30.7. The van der Waals surface area contributed by atoms with Crippen molar-refractivity contribution in [3.8, 4) is 0 Å². The van der Waals surface area contributed by atoms with E-state index in [9.17, 15) is 0 Å². The van der Waals surface area contributed by atoms with E-state index >= 15 is 0 Å². The molecular weight excluding hydrogens is 661 g/mol.